The van der Waals surface area contributed by atoms with Crippen LogP contribution < -0.4 is 16.6 Å². The molecule has 1 amide bonds. The highest BCUT2D eigenvalue weighted by molar-refractivity contribution is 7.17. The quantitative estimate of drug-likeness (QED) is 0.705. The molecule has 6 nitrogen and oxygen atoms in total. The van der Waals surface area contributed by atoms with Crippen LogP contribution in [0.3, 0.4) is 0 Å². The minimum absolute atomic E-state index is 0.219. The Bertz CT molecular complexity index is 803. The van der Waals surface area contributed by atoms with Crippen molar-refractivity contribution in [3.8, 4) is 0 Å². The van der Waals surface area contributed by atoms with Crippen LogP contribution in [0.15, 0.2) is 21.0 Å². The number of carbonyl (C=O) groups is 1. The van der Waals surface area contributed by atoms with E-state index in [1.54, 1.807) is 10.6 Å². The zero-order valence-electron chi connectivity index (χ0n) is 14.3. The van der Waals surface area contributed by atoms with E-state index in [-0.39, 0.29) is 18.0 Å². The maximum atomic E-state index is 12.7. The van der Waals surface area contributed by atoms with Crippen molar-refractivity contribution in [2.45, 2.75) is 59.0 Å². The number of unbranched alkanes of at least 4 members (excludes halogenated alkanes) is 3. The van der Waals surface area contributed by atoms with Gasteiger partial charge in [-0.15, -0.1) is 11.3 Å². The van der Waals surface area contributed by atoms with E-state index in [4.69, 9.17) is 0 Å². The second kappa shape index (κ2) is 8.82. The standard InChI is InChI=1S/C17H25N3O3S/c1-3-5-7-10-19-13-8-11-24-15(13)16(22)20(17(19)23)12-14(21)18-9-6-4-2/h8,11H,3-7,9-10,12H2,1-2H3,(H,18,21). The summed E-state index contributed by atoms with van der Waals surface area (Å²) in [5, 5.41) is 4.57. The fraction of sp³-hybridized carbons (Fsp3) is 0.588. The van der Waals surface area contributed by atoms with Crippen molar-refractivity contribution in [1.29, 1.82) is 0 Å². The number of hydrogen-bond acceptors (Lipinski definition) is 4. The molecule has 7 heteroatoms. The van der Waals surface area contributed by atoms with E-state index in [1.165, 1.54) is 11.3 Å². The maximum absolute atomic E-state index is 12.7. The van der Waals surface area contributed by atoms with Gasteiger partial charge in [0.2, 0.25) is 5.91 Å². The molecule has 24 heavy (non-hydrogen) atoms. The molecule has 0 atom stereocenters. The molecule has 0 unspecified atom stereocenters. The summed E-state index contributed by atoms with van der Waals surface area (Å²) in [6, 6.07) is 1.81. The van der Waals surface area contributed by atoms with Gasteiger partial charge in [0.15, 0.2) is 0 Å². The molecule has 1 N–H and O–H groups in total. The first-order valence-corrected chi connectivity index (χ1v) is 9.45. The van der Waals surface area contributed by atoms with E-state index < -0.39 is 5.69 Å². The molecule has 2 aromatic rings. The van der Waals surface area contributed by atoms with E-state index in [0.29, 0.717) is 23.3 Å². The van der Waals surface area contributed by atoms with Crippen LogP contribution in [0.2, 0.25) is 0 Å². The van der Waals surface area contributed by atoms with E-state index in [2.05, 4.69) is 12.2 Å². The van der Waals surface area contributed by atoms with Crippen LogP contribution in [0.4, 0.5) is 0 Å². The van der Waals surface area contributed by atoms with Gasteiger partial charge in [0.25, 0.3) is 5.56 Å². The largest absolute Gasteiger partial charge is 0.355 e. The van der Waals surface area contributed by atoms with Crippen LogP contribution in [0.1, 0.15) is 46.0 Å². The van der Waals surface area contributed by atoms with Crippen LogP contribution >= 0.6 is 11.3 Å². The Morgan fingerprint density at radius 2 is 1.88 bits per heavy atom. The smallest absolute Gasteiger partial charge is 0.332 e. The molecule has 0 bridgehead atoms. The lowest BCUT2D eigenvalue weighted by molar-refractivity contribution is -0.121. The molecule has 0 fully saturated rings. The molecule has 0 spiro atoms. The van der Waals surface area contributed by atoms with Crippen molar-refractivity contribution in [2.24, 2.45) is 0 Å². The Hall–Kier alpha value is -1.89. The van der Waals surface area contributed by atoms with E-state index in [9.17, 15) is 14.4 Å². The fourth-order valence-corrected chi connectivity index (χ4v) is 3.46. The number of nitrogens with zero attached hydrogens (tertiary/aromatic N) is 2. The molecular weight excluding hydrogens is 326 g/mol. The number of thiophene rings is 1. The van der Waals surface area contributed by atoms with Crippen LogP contribution in [0, 0.1) is 0 Å². The molecule has 2 heterocycles. The van der Waals surface area contributed by atoms with Crippen LogP contribution in [-0.4, -0.2) is 21.6 Å². The van der Waals surface area contributed by atoms with E-state index in [1.807, 2.05) is 12.3 Å². The van der Waals surface area contributed by atoms with Gasteiger partial charge in [-0.05, 0) is 24.3 Å². The first kappa shape index (κ1) is 18.4. The number of amides is 1. The van der Waals surface area contributed by atoms with Crippen molar-refractivity contribution < 1.29 is 4.79 Å². The minimum Gasteiger partial charge on any atom is -0.355 e. The molecular formula is C17H25N3O3S. The van der Waals surface area contributed by atoms with Gasteiger partial charge in [0.05, 0.1) is 5.52 Å². The second-order valence-electron chi connectivity index (χ2n) is 5.87. The summed E-state index contributed by atoms with van der Waals surface area (Å²) in [5.41, 5.74) is -0.0937. The summed E-state index contributed by atoms with van der Waals surface area (Å²) < 4.78 is 3.22. The lowest BCUT2D eigenvalue weighted by atomic mass is 10.2. The fourth-order valence-electron chi connectivity index (χ4n) is 2.61. The van der Waals surface area contributed by atoms with Gasteiger partial charge in [0, 0.05) is 13.1 Å². The van der Waals surface area contributed by atoms with Crippen molar-refractivity contribution in [3.63, 3.8) is 0 Å². The lowest BCUT2D eigenvalue weighted by Gasteiger charge is -2.12. The van der Waals surface area contributed by atoms with E-state index in [0.717, 1.165) is 36.7 Å². The van der Waals surface area contributed by atoms with Gasteiger partial charge in [-0.1, -0.05) is 33.1 Å². The molecule has 0 aromatic carbocycles. The SMILES string of the molecule is CCCCCn1c(=O)n(CC(=O)NCCCC)c(=O)c2sccc21. The third-order valence-electron chi connectivity index (χ3n) is 3.98. The van der Waals surface area contributed by atoms with Gasteiger partial charge in [-0.3, -0.25) is 14.2 Å². The number of carbonyl (C=O) groups excluding carboxylic acids is 1. The zero-order chi connectivity index (χ0) is 17.5. The van der Waals surface area contributed by atoms with Gasteiger partial charge < -0.3 is 5.32 Å². The van der Waals surface area contributed by atoms with Gasteiger partial charge in [0.1, 0.15) is 11.2 Å². The Morgan fingerprint density at radius 1 is 1.12 bits per heavy atom. The summed E-state index contributed by atoms with van der Waals surface area (Å²) in [6.07, 6.45) is 4.81. The topological polar surface area (TPSA) is 73.1 Å². The van der Waals surface area contributed by atoms with Gasteiger partial charge in [-0.25, -0.2) is 9.36 Å². The molecule has 0 aliphatic rings. The van der Waals surface area contributed by atoms with Crippen LogP contribution in [-0.2, 0) is 17.9 Å². The Labute approximate surface area is 145 Å². The number of hydrogen-bond donors (Lipinski definition) is 1. The molecule has 2 aromatic heterocycles. The van der Waals surface area contributed by atoms with Crippen molar-refractivity contribution in [2.75, 3.05) is 6.54 Å². The van der Waals surface area contributed by atoms with Crippen molar-refractivity contribution in [1.82, 2.24) is 14.5 Å². The monoisotopic (exact) mass is 351 g/mol. The normalized spacial score (nSPS) is 11.1. The predicted octanol–water partition coefficient (Wildman–Crippen LogP) is 2.33. The highest BCUT2D eigenvalue weighted by Crippen LogP contribution is 2.15. The average Bonchev–Trinajstić information content (AvgIpc) is 3.04. The summed E-state index contributed by atoms with van der Waals surface area (Å²) >= 11 is 1.31. The second-order valence-corrected chi connectivity index (χ2v) is 6.79. The highest BCUT2D eigenvalue weighted by Gasteiger charge is 2.16. The van der Waals surface area contributed by atoms with E-state index >= 15 is 0 Å². The highest BCUT2D eigenvalue weighted by atomic mass is 32.1. The summed E-state index contributed by atoms with van der Waals surface area (Å²) in [5.74, 6) is -0.293. The number of aromatic nitrogens is 2. The minimum atomic E-state index is -0.396. The predicted molar refractivity (Wildman–Crippen MR) is 97.8 cm³/mol. The van der Waals surface area contributed by atoms with Crippen LogP contribution in [0.25, 0.3) is 10.2 Å². The number of aryl methyl sites for hydroxylation is 1. The Morgan fingerprint density at radius 3 is 2.58 bits per heavy atom. The number of rotatable bonds is 9. The first-order valence-electron chi connectivity index (χ1n) is 8.57. The average molecular weight is 351 g/mol. The van der Waals surface area contributed by atoms with Gasteiger partial charge >= 0.3 is 5.69 Å². The molecule has 0 saturated carbocycles. The summed E-state index contributed by atoms with van der Waals surface area (Å²) in [4.78, 5) is 37.3. The first-order chi connectivity index (χ1) is 11.6. The van der Waals surface area contributed by atoms with Crippen LogP contribution in [0.5, 0.6) is 0 Å². The van der Waals surface area contributed by atoms with Crippen molar-refractivity contribution in [3.05, 3.63) is 32.3 Å². The molecule has 132 valence electrons. The maximum Gasteiger partial charge on any atom is 0.332 e. The lowest BCUT2D eigenvalue weighted by Crippen LogP contribution is -2.43. The molecule has 0 aliphatic carbocycles. The number of fused-ring (bicyclic) bond motifs is 1. The third kappa shape index (κ3) is 4.14. The molecule has 2 rings (SSSR count). The third-order valence-corrected chi connectivity index (χ3v) is 4.87. The molecule has 0 radical (unpaired) electrons. The number of nitrogens with one attached hydrogen (secondary N) is 1. The molecule has 0 aliphatic heterocycles. The summed E-state index contributed by atoms with van der Waals surface area (Å²) in [6.45, 7) is 5.05. The zero-order valence-corrected chi connectivity index (χ0v) is 15.2. The van der Waals surface area contributed by atoms with Crippen molar-refractivity contribution >= 4 is 27.5 Å². The Balaban J connectivity index is 2.33. The Kier molecular flexibility index (Phi) is 6.78. The van der Waals surface area contributed by atoms with Gasteiger partial charge in [-0.2, -0.15) is 0 Å². The summed E-state index contributed by atoms with van der Waals surface area (Å²) in [7, 11) is 0. The molecule has 0 saturated heterocycles.